The molecule has 7 nitrogen and oxygen atoms in total. The number of pyridine rings is 1. The number of nitrogens with two attached hydrogens (primary N) is 1. The first-order chi connectivity index (χ1) is 10.8. The molecule has 0 fully saturated rings. The van der Waals surface area contributed by atoms with Crippen molar-refractivity contribution in [1.82, 2.24) is 15.6 Å². The Kier molecular flexibility index (Phi) is 3.78. The lowest BCUT2D eigenvalue weighted by Crippen LogP contribution is -2.22. The normalized spacial score (nSPS) is 18.7. The minimum absolute atomic E-state index is 0.0910. The van der Waals surface area contributed by atoms with Gasteiger partial charge in [-0.15, -0.1) is 0 Å². The maximum absolute atomic E-state index is 7.77. The number of aliphatic imine (C=N–C) groups is 2. The number of nitrogens with zero attached hydrogens (tertiary/aromatic N) is 3. The van der Waals surface area contributed by atoms with Gasteiger partial charge in [0.25, 0.3) is 0 Å². The van der Waals surface area contributed by atoms with E-state index in [2.05, 4.69) is 25.6 Å². The van der Waals surface area contributed by atoms with Gasteiger partial charge >= 0.3 is 0 Å². The quantitative estimate of drug-likeness (QED) is 0.487. The molecule has 2 aliphatic rings. The zero-order chi connectivity index (χ0) is 15.4. The summed E-state index contributed by atoms with van der Waals surface area (Å²) in [5, 5.41) is 13.9. The summed E-state index contributed by atoms with van der Waals surface area (Å²) >= 11 is 0. The Morgan fingerprint density at radius 2 is 2.14 bits per heavy atom. The highest BCUT2D eigenvalue weighted by Crippen LogP contribution is 2.20. The summed E-state index contributed by atoms with van der Waals surface area (Å²) in [7, 11) is 0. The highest BCUT2D eigenvalue weighted by atomic mass is 15.1. The van der Waals surface area contributed by atoms with Gasteiger partial charge in [-0.3, -0.25) is 15.4 Å². The van der Waals surface area contributed by atoms with Crippen LogP contribution in [0.1, 0.15) is 5.69 Å². The zero-order valence-corrected chi connectivity index (χ0v) is 11.7. The third-order valence-corrected chi connectivity index (χ3v) is 3.10. The molecule has 0 atom stereocenters. The second-order valence-electron chi connectivity index (χ2n) is 4.60. The molecule has 7 heteroatoms. The van der Waals surface area contributed by atoms with E-state index in [9.17, 15) is 0 Å². The fourth-order valence-corrected chi connectivity index (χ4v) is 2.08. The number of amidine groups is 1. The Bertz CT molecular complexity index is 738. The number of aromatic nitrogens is 1. The molecule has 0 aromatic carbocycles. The molecule has 110 valence electrons. The fourth-order valence-electron chi connectivity index (χ4n) is 2.08. The lowest BCUT2D eigenvalue weighted by atomic mass is 10.1. The number of rotatable bonds is 3. The summed E-state index contributed by atoms with van der Waals surface area (Å²) in [6, 6.07) is 5.44. The van der Waals surface area contributed by atoms with Crippen molar-refractivity contribution in [2.45, 2.75) is 0 Å². The molecule has 1 aromatic rings. The van der Waals surface area contributed by atoms with Crippen LogP contribution in [0.3, 0.4) is 0 Å². The molecule has 0 aliphatic carbocycles. The average molecular weight is 293 g/mol. The van der Waals surface area contributed by atoms with E-state index < -0.39 is 0 Å². The first kappa shape index (κ1) is 13.7. The van der Waals surface area contributed by atoms with E-state index in [0.29, 0.717) is 17.1 Å². The summed E-state index contributed by atoms with van der Waals surface area (Å²) in [5.41, 5.74) is 8.39. The molecule has 2 aliphatic heterocycles. The average Bonchev–Trinajstić information content (AvgIpc) is 2.57. The summed E-state index contributed by atoms with van der Waals surface area (Å²) in [4.78, 5) is 12.9. The van der Waals surface area contributed by atoms with Crippen molar-refractivity contribution in [3.8, 4) is 0 Å². The Hall–Kier alpha value is -3.22. The number of hydrogen-bond donors (Lipinski definition) is 4. The van der Waals surface area contributed by atoms with Crippen molar-refractivity contribution in [2.24, 2.45) is 15.7 Å². The topological polar surface area (TPSA) is 112 Å². The maximum atomic E-state index is 7.77. The molecular formula is C15H15N7. The molecule has 0 spiro atoms. The van der Waals surface area contributed by atoms with Crippen molar-refractivity contribution < 1.29 is 0 Å². The van der Waals surface area contributed by atoms with Gasteiger partial charge in [0, 0.05) is 43.1 Å². The fraction of sp³-hybridized carbons (Fsp3) is 0.0667. The van der Waals surface area contributed by atoms with Gasteiger partial charge in [-0.2, -0.15) is 0 Å². The van der Waals surface area contributed by atoms with Crippen LogP contribution in [-0.2, 0) is 0 Å². The van der Waals surface area contributed by atoms with Crippen LogP contribution in [0.2, 0.25) is 0 Å². The Morgan fingerprint density at radius 1 is 1.23 bits per heavy atom. The van der Waals surface area contributed by atoms with Crippen LogP contribution in [0.4, 0.5) is 0 Å². The number of allylic oxidation sites excluding steroid dienone is 1. The summed E-state index contributed by atoms with van der Waals surface area (Å²) < 4.78 is 0. The molecule has 0 radical (unpaired) electrons. The monoisotopic (exact) mass is 293 g/mol. The SMILES string of the molecule is N=C(N)/C(=C1/N=CC(C2=CNCC=N2)=CN1)c1ccccn1. The molecule has 0 bridgehead atoms. The van der Waals surface area contributed by atoms with Crippen LogP contribution in [-0.4, -0.2) is 29.8 Å². The third kappa shape index (κ3) is 2.78. The van der Waals surface area contributed by atoms with Crippen molar-refractivity contribution >= 4 is 23.8 Å². The maximum Gasteiger partial charge on any atom is 0.143 e. The highest BCUT2D eigenvalue weighted by molar-refractivity contribution is 6.20. The largest absolute Gasteiger partial charge is 0.384 e. The number of hydrogen-bond acceptors (Lipinski definition) is 6. The van der Waals surface area contributed by atoms with Crippen LogP contribution >= 0.6 is 0 Å². The van der Waals surface area contributed by atoms with Crippen molar-refractivity contribution in [3.63, 3.8) is 0 Å². The molecule has 0 amide bonds. The van der Waals surface area contributed by atoms with Crippen molar-refractivity contribution in [1.29, 1.82) is 5.41 Å². The van der Waals surface area contributed by atoms with Gasteiger partial charge < -0.3 is 16.4 Å². The van der Waals surface area contributed by atoms with E-state index in [-0.39, 0.29) is 5.84 Å². The van der Waals surface area contributed by atoms with Crippen molar-refractivity contribution in [2.75, 3.05) is 6.54 Å². The predicted molar refractivity (Wildman–Crippen MR) is 87.4 cm³/mol. The summed E-state index contributed by atoms with van der Waals surface area (Å²) in [6.07, 6.45) is 8.75. The van der Waals surface area contributed by atoms with Crippen LogP contribution in [0.15, 0.2) is 63.9 Å². The van der Waals surface area contributed by atoms with E-state index in [4.69, 9.17) is 11.1 Å². The summed E-state index contributed by atoms with van der Waals surface area (Å²) in [5.74, 6) is 0.398. The molecule has 3 rings (SSSR count). The minimum atomic E-state index is -0.0910. The zero-order valence-electron chi connectivity index (χ0n) is 11.7. The van der Waals surface area contributed by atoms with Crippen LogP contribution in [0.25, 0.3) is 5.57 Å². The molecule has 5 N–H and O–H groups in total. The van der Waals surface area contributed by atoms with Gasteiger partial charge in [0.05, 0.1) is 17.0 Å². The minimum Gasteiger partial charge on any atom is -0.384 e. The second-order valence-corrected chi connectivity index (χ2v) is 4.60. The Labute approximate surface area is 127 Å². The van der Waals surface area contributed by atoms with Gasteiger partial charge in [-0.25, -0.2) is 4.99 Å². The molecular weight excluding hydrogens is 278 g/mol. The molecule has 1 aromatic heterocycles. The Balaban J connectivity index is 1.92. The second kappa shape index (κ2) is 6.04. The van der Waals surface area contributed by atoms with Crippen LogP contribution in [0.5, 0.6) is 0 Å². The van der Waals surface area contributed by atoms with Crippen molar-refractivity contribution in [3.05, 3.63) is 59.6 Å². The van der Waals surface area contributed by atoms with E-state index in [0.717, 1.165) is 17.8 Å². The molecule has 3 heterocycles. The first-order valence-corrected chi connectivity index (χ1v) is 6.73. The lowest BCUT2D eigenvalue weighted by molar-refractivity contribution is 0.967. The summed E-state index contributed by atoms with van der Waals surface area (Å²) in [6.45, 7) is 0.723. The number of nitrogens with one attached hydrogen (secondary N) is 3. The third-order valence-electron chi connectivity index (χ3n) is 3.10. The van der Waals surface area contributed by atoms with Gasteiger partial charge in [-0.05, 0) is 12.1 Å². The Morgan fingerprint density at radius 3 is 2.73 bits per heavy atom. The highest BCUT2D eigenvalue weighted by Gasteiger charge is 2.16. The van der Waals surface area contributed by atoms with Gasteiger partial charge in [-0.1, -0.05) is 6.07 Å². The lowest BCUT2D eigenvalue weighted by Gasteiger charge is -2.16. The predicted octanol–water partition coefficient (Wildman–Crippen LogP) is 0.759. The molecule has 22 heavy (non-hydrogen) atoms. The van der Waals surface area contributed by atoms with Crippen LogP contribution < -0.4 is 16.4 Å². The molecule has 0 saturated heterocycles. The van der Waals surface area contributed by atoms with E-state index in [1.54, 1.807) is 30.9 Å². The van der Waals surface area contributed by atoms with E-state index >= 15 is 0 Å². The molecule has 0 unspecified atom stereocenters. The van der Waals surface area contributed by atoms with E-state index in [1.165, 1.54) is 0 Å². The first-order valence-electron chi connectivity index (χ1n) is 6.73. The van der Waals surface area contributed by atoms with E-state index in [1.807, 2.05) is 18.3 Å². The van der Waals surface area contributed by atoms with Crippen LogP contribution in [0, 0.1) is 5.41 Å². The van der Waals surface area contributed by atoms with Gasteiger partial charge in [0.15, 0.2) is 0 Å². The molecule has 0 saturated carbocycles. The van der Waals surface area contributed by atoms with Gasteiger partial charge in [0.1, 0.15) is 11.7 Å². The standard InChI is InChI=1S/C15H15N7/c16-14(17)13(11-3-1-2-4-19-11)15-21-7-10(8-22-15)12-9-18-5-6-20-12/h1-4,6-9,18,21H,5H2,(H3,16,17)/b15-13+. The van der Waals surface area contributed by atoms with Gasteiger partial charge in [0.2, 0.25) is 0 Å². The smallest absolute Gasteiger partial charge is 0.143 e.